The number of likely N-dealkylation sites (tertiary alicyclic amines) is 1. The number of amides is 1. The second kappa shape index (κ2) is 2.37. The zero-order chi connectivity index (χ0) is 8.65. The first-order valence-corrected chi connectivity index (χ1v) is 2.99. The fourth-order valence-electron chi connectivity index (χ4n) is 0.917. The maximum Gasteiger partial charge on any atom is 0.487 e. The lowest BCUT2D eigenvalue weighted by Crippen LogP contribution is -2.40. The Labute approximate surface area is 60.4 Å². The van der Waals surface area contributed by atoms with E-state index < -0.39 is 24.9 Å². The first-order chi connectivity index (χ1) is 4.93. The normalized spacial score (nSPS) is 26.4. The van der Waals surface area contributed by atoms with Gasteiger partial charge in [-0.25, -0.2) is 0 Å². The molecule has 1 heterocycles. The van der Waals surface area contributed by atoms with E-state index in [1.54, 1.807) is 0 Å². The number of halogens is 3. The lowest BCUT2D eigenvalue weighted by molar-refractivity contribution is -0.236. The molecule has 1 aliphatic heterocycles. The highest BCUT2D eigenvalue weighted by Crippen LogP contribution is 2.26. The highest BCUT2D eigenvalue weighted by Gasteiger charge is 2.46. The molecule has 0 bridgehead atoms. The van der Waals surface area contributed by atoms with Gasteiger partial charge in [0.05, 0.1) is 0 Å². The molecule has 1 unspecified atom stereocenters. The number of alkyl halides is 3. The highest BCUT2D eigenvalue weighted by molar-refractivity contribution is 5.82. The van der Waals surface area contributed by atoms with Crippen molar-refractivity contribution in [3.63, 3.8) is 0 Å². The molecule has 6 heteroatoms. The van der Waals surface area contributed by atoms with Crippen molar-refractivity contribution in [2.45, 2.75) is 18.8 Å². The van der Waals surface area contributed by atoms with Crippen LogP contribution in [0.15, 0.2) is 0 Å². The SMILES string of the molecule is O=C1C(O)CCN1C(F)(F)F. The van der Waals surface area contributed by atoms with Crippen LogP contribution < -0.4 is 0 Å². The van der Waals surface area contributed by atoms with Gasteiger partial charge in [-0.05, 0) is 0 Å². The van der Waals surface area contributed by atoms with Crippen LogP contribution in [-0.2, 0) is 4.79 Å². The Morgan fingerprint density at radius 3 is 2.27 bits per heavy atom. The Hall–Kier alpha value is -0.780. The third-order valence-corrected chi connectivity index (χ3v) is 1.48. The largest absolute Gasteiger partial charge is 0.487 e. The third kappa shape index (κ3) is 1.45. The molecule has 1 N–H and O–H groups in total. The molecule has 1 fully saturated rings. The van der Waals surface area contributed by atoms with Crippen LogP contribution in [0.1, 0.15) is 6.42 Å². The summed E-state index contributed by atoms with van der Waals surface area (Å²) in [5, 5.41) is 8.64. The molecule has 11 heavy (non-hydrogen) atoms. The minimum absolute atomic E-state index is 0.141. The summed E-state index contributed by atoms with van der Waals surface area (Å²) in [5.74, 6) is -1.25. The second-order valence-electron chi connectivity index (χ2n) is 2.26. The standard InChI is InChI=1S/C5H6F3NO2/c6-5(7,8)9-2-1-3(10)4(9)11/h3,10H,1-2H2. The number of nitrogens with zero attached hydrogens (tertiary/aromatic N) is 1. The van der Waals surface area contributed by atoms with Crippen LogP contribution in [0.5, 0.6) is 0 Å². The maximum absolute atomic E-state index is 11.8. The molecular weight excluding hydrogens is 163 g/mol. The average molecular weight is 169 g/mol. The summed E-state index contributed by atoms with van der Waals surface area (Å²) in [4.78, 5) is 10.2. The van der Waals surface area contributed by atoms with Crippen molar-refractivity contribution >= 4 is 5.91 Å². The van der Waals surface area contributed by atoms with E-state index in [-0.39, 0.29) is 11.3 Å². The molecule has 1 atom stereocenters. The first-order valence-electron chi connectivity index (χ1n) is 2.99. The first kappa shape index (κ1) is 8.32. The Bertz CT molecular complexity index is 179. The van der Waals surface area contributed by atoms with Gasteiger partial charge in [-0.1, -0.05) is 0 Å². The lowest BCUT2D eigenvalue weighted by Gasteiger charge is -2.18. The molecule has 0 spiro atoms. The number of carbonyl (C=O) groups is 1. The number of hydrogen-bond acceptors (Lipinski definition) is 2. The zero-order valence-corrected chi connectivity index (χ0v) is 5.43. The summed E-state index contributed by atoms with van der Waals surface area (Å²) in [7, 11) is 0. The van der Waals surface area contributed by atoms with E-state index >= 15 is 0 Å². The number of rotatable bonds is 0. The quantitative estimate of drug-likeness (QED) is 0.522. The summed E-state index contributed by atoms with van der Waals surface area (Å²) < 4.78 is 35.3. The Balaban J connectivity index is 2.70. The Morgan fingerprint density at radius 1 is 1.55 bits per heavy atom. The average Bonchev–Trinajstić information content (AvgIpc) is 2.11. The van der Waals surface area contributed by atoms with Gasteiger partial charge in [0, 0.05) is 13.0 Å². The van der Waals surface area contributed by atoms with Gasteiger partial charge in [0.1, 0.15) is 6.10 Å². The molecule has 64 valence electrons. The molecular formula is C5H6F3NO2. The molecule has 0 aromatic carbocycles. The fourth-order valence-corrected chi connectivity index (χ4v) is 0.917. The van der Waals surface area contributed by atoms with Crippen molar-refractivity contribution in [3.05, 3.63) is 0 Å². The van der Waals surface area contributed by atoms with Gasteiger partial charge in [0.15, 0.2) is 0 Å². The monoisotopic (exact) mass is 169 g/mol. The molecule has 1 saturated heterocycles. The van der Waals surface area contributed by atoms with Gasteiger partial charge in [0.2, 0.25) is 0 Å². The summed E-state index contributed by atoms with van der Waals surface area (Å²) in [5.41, 5.74) is 0. The molecule has 3 nitrogen and oxygen atoms in total. The fraction of sp³-hybridized carbons (Fsp3) is 0.800. The summed E-state index contributed by atoms with van der Waals surface area (Å²) >= 11 is 0. The van der Waals surface area contributed by atoms with Gasteiger partial charge < -0.3 is 5.11 Å². The predicted molar refractivity (Wildman–Crippen MR) is 28.4 cm³/mol. The number of aliphatic hydroxyl groups is 1. The van der Waals surface area contributed by atoms with Crippen LogP contribution >= 0.6 is 0 Å². The Morgan fingerprint density at radius 2 is 2.09 bits per heavy atom. The van der Waals surface area contributed by atoms with E-state index in [9.17, 15) is 18.0 Å². The van der Waals surface area contributed by atoms with Crippen molar-refractivity contribution in [2.75, 3.05) is 6.54 Å². The van der Waals surface area contributed by atoms with Gasteiger partial charge >= 0.3 is 6.30 Å². The van der Waals surface area contributed by atoms with E-state index in [0.29, 0.717) is 0 Å². The van der Waals surface area contributed by atoms with Crippen LogP contribution in [0.25, 0.3) is 0 Å². The van der Waals surface area contributed by atoms with Crippen LogP contribution in [0, 0.1) is 0 Å². The van der Waals surface area contributed by atoms with Crippen molar-refractivity contribution < 1.29 is 23.1 Å². The van der Waals surface area contributed by atoms with Crippen LogP contribution in [0.3, 0.4) is 0 Å². The van der Waals surface area contributed by atoms with Crippen LogP contribution in [0.4, 0.5) is 13.2 Å². The molecule has 0 aromatic heterocycles. The zero-order valence-electron chi connectivity index (χ0n) is 5.43. The predicted octanol–water partition coefficient (Wildman–Crippen LogP) is 0.0994. The summed E-state index contributed by atoms with van der Waals surface area (Å²) in [6.07, 6.45) is -6.26. The lowest BCUT2D eigenvalue weighted by atomic mass is 10.3. The van der Waals surface area contributed by atoms with Crippen molar-refractivity contribution in [1.82, 2.24) is 4.90 Å². The molecule has 1 rings (SSSR count). The Kier molecular flexibility index (Phi) is 1.79. The van der Waals surface area contributed by atoms with Gasteiger partial charge in [-0.15, -0.1) is 13.2 Å². The van der Waals surface area contributed by atoms with E-state index in [4.69, 9.17) is 5.11 Å². The molecule has 0 radical (unpaired) electrons. The molecule has 0 saturated carbocycles. The van der Waals surface area contributed by atoms with Crippen molar-refractivity contribution in [1.29, 1.82) is 0 Å². The van der Waals surface area contributed by atoms with E-state index in [1.165, 1.54) is 0 Å². The summed E-state index contributed by atoms with van der Waals surface area (Å²) in [6, 6.07) is 0. The maximum atomic E-state index is 11.8. The van der Waals surface area contributed by atoms with Gasteiger partial charge in [-0.2, -0.15) is 0 Å². The molecule has 0 aromatic rings. The smallest absolute Gasteiger partial charge is 0.383 e. The van der Waals surface area contributed by atoms with Gasteiger partial charge in [0.25, 0.3) is 5.91 Å². The van der Waals surface area contributed by atoms with E-state index in [0.717, 1.165) is 0 Å². The molecule has 0 aliphatic carbocycles. The van der Waals surface area contributed by atoms with E-state index in [1.807, 2.05) is 0 Å². The highest BCUT2D eigenvalue weighted by atomic mass is 19.4. The summed E-state index contributed by atoms with van der Waals surface area (Å²) in [6.45, 7) is -0.441. The minimum Gasteiger partial charge on any atom is -0.383 e. The topological polar surface area (TPSA) is 40.5 Å². The number of hydrogen-bond donors (Lipinski definition) is 1. The van der Waals surface area contributed by atoms with E-state index in [2.05, 4.69) is 0 Å². The van der Waals surface area contributed by atoms with Crippen molar-refractivity contribution in [2.24, 2.45) is 0 Å². The minimum atomic E-state index is -4.64. The van der Waals surface area contributed by atoms with Gasteiger partial charge in [-0.3, -0.25) is 9.69 Å². The molecule has 1 amide bonds. The third-order valence-electron chi connectivity index (χ3n) is 1.48. The molecule has 1 aliphatic rings. The van der Waals surface area contributed by atoms with Crippen LogP contribution in [0.2, 0.25) is 0 Å². The van der Waals surface area contributed by atoms with Crippen LogP contribution in [-0.4, -0.2) is 34.9 Å². The van der Waals surface area contributed by atoms with Crippen molar-refractivity contribution in [3.8, 4) is 0 Å². The number of aliphatic hydroxyl groups excluding tert-OH is 1. The second-order valence-corrected chi connectivity index (χ2v) is 2.26. The number of carbonyl (C=O) groups excluding carboxylic acids is 1.